The molecule has 1 fully saturated rings. The van der Waals surface area contributed by atoms with Gasteiger partial charge in [-0.1, -0.05) is 42.5 Å². The zero-order chi connectivity index (χ0) is 32.0. The van der Waals surface area contributed by atoms with Crippen molar-refractivity contribution in [2.24, 2.45) is 0 Å². The van der Waals surface area contributed by atoms with E-state index in [1.807, 2.05) is 78.0 Å². The van der Waals surface area contributed by atoms with Gasteiger partial charge in [-0.05, 0) is 79.6 Å². The van der Waals surface area contributed by atoms with E-state index >= 15 is 0 Å². The van der Waals surface area contributed by atoms with Crippen molar-refractivity contribution in [3.05, 3.63) is 83.2 Å². The number of fused-ring (bicyclic) bond motifs is 2. The van der Waals surface area contributed by atoms with Crippen molar-refractivity contribution < 1.29 is 14.4 Å². The number of hydrogen-bond donors (Lipinski definition) is 1. The topological polar surface area (TPSA) is 144 Å². The van der Waals surface area contributed by atoms with Crippen LogP contribution in [0.1, 0.15) is 66.7 Å². The van der Waals surface area contributed by atoms with E-state index in [1.165, 1.54) is 0 Å². The fourth-order valence-corrected chi connectivity index (χ4v) is 6.37. The average Bonchev–Trinajstić information content (AvgIpc) is 3.67. The normalized spacial score (nSPS) is 19.6. The molecule has 4 heterocycles. The number of aryl methyl sites for hydroxylation is 2. The number of nitrogens with zero attached hydrogens (tertiary/aromatic N) is 9. The van der Waals surface area contributed by atoms with Gasteiger partial charge in [0.25, 0.3) is 0 Å². The van der Waals surface area contributed by atoms with Crippen LogP contribution in [0.4, 0.5) is 0 Å². The van der Waals surface area contributed by atoms with Crippen LogP contribution in [0.15, 0.2) is 54.6 Å². The summed E-state index contributed by atoms with van der Waals surface area (Å²) >= 11 is 0. The Morgan fingerprint density at radius 2 is 1.72 bits per heavy atom. The summed E-state index contributed by atoms with van der Waals surface area (Å²) < 4.78 is 3.46. The number of hydrogen-bond acceptors (Lipinski definition) is 8. The molecule has 1 saturated heterocycles. The second-order valence-corrected chi connectivity index (χ2v) is 12.1. The van der Waals surface area contributed by atoms with Crippen LogP contribution >= 0.6 is 0 Å². The first kappa shape index (κ1) is 31.1. The van der Waals surface area contributed by atoms with E-state index in [4.69, 9.17) is 4.98 Å². The third-order valence-electron chi connectivity index (χ3n) is 8.76. The summed E-state index contributed by atoms with van der Waals surface area (Å²) in [5.74, 6) is 1.67. The van der Waals surface area contributed by atoms with Gasteiger partial charge in [-0.15, -0.1) is 5.10 Å². The highest BCUT2D eigenvalue weighted by molar-refractivity contribution is 5.88. The Morgan fingerprint density at radius 3 is 2.48 bits per heavy atom. The van der Waals surface area contributed by atoms with Crippen molar-refractivity contribution in [3.63, 3.8) is 0 Å². The van der Waals surface area contributed by atoms with E-state index in [0.29, 0.717) is 62.9 Å². The molecule has 1 N–H and O–H groups in total. The van der Waals surface area contributed by atoms with Gasteiger partial charge in [0.05, 0.1) is 24.7 Å². The quantitative estimate of drug-likeness (QED) is 0.357. The van der Waals surface area contributed by atoms with Gasteiger partial charge >= 0.3 is 0 Å². The Hall–Kier alpha value is -4.94. The molecule has 0 saturated carbocycles. The second kappa shape index (κ2) is 14.0. The molecule has 240 valence electrons. The molecule has 3 amide bonds. The molecule has 2 aromatic carbocycles. The van der Waals surface area contributed by atoms with Gasteiger partial charge in [-0.3, -0.25) is 14.4 Å². The Labute approximate surface area is 268 Å². The highest BCUT2D eigenvalue weighted by atomic mass is 16.2. The number of carbonyl (C=O) groups excluding carboxylic acids is 3. The lowest BCUT2D eigenvalue weighted by Gasteiger charge is -2.36. The second-order valence-electron chi connectivity index (χ2n) is 12.1. The number of amides is 3. The van der Waals surface area contributed by atoms with E-state index < -0.39 is 12.1 Å². The minimum Gasteiger partial charge on any atom is -0.344 e. The van der Waals surface area contributed by atoms with Crippen LogP contribution in [0.25, 0.3) is 5.69 Å². The fraction of sp³-hybridized carbons (Fsp3) is 0.455. The van der Waals surface area contributed by atoms with Crippen LogP contribution in [-0.2, 0) is 33.8 Å². The van der Waals surface area contributed by atoms with Crippen molar-refractivity contribution >= 4 is 17.7 Å². The maximum Gasteiger partial charge on any atom is 0.243 e. The van der Waals surface area contributed by atoms with Gasteiger partial charge < -0.3 is 15.1 Å². The lowest BCUT2D eigenvalue weighted by atomic mass is 9.99. The summed E-state index contributed by atoms with van der Waals surface area (Å²) in [4.78, 5) is 49.3. The Kier molecular flexibility index (Phi) is 9.46. The van der Waals surface area contributed by atoms with Crippen LogP contribution in [0.2, 0.25) is 0 Å². The molecule has 0 radical (unpaired) electrons. The molecule has 6 rings (SSSR count). The van der Waals surface area contributed by atoms with Gasteiger partial charge in [0.2, 0.25) is 17.7 Å². The maximum atomic E-state index is 13.8. The molecule has 2 atom stereocenters. The van der Waals surface area contributed by atoms with Crippen LogP contribution in [0, 0.1) is 13.8 Å². The van der Waals surface area contributed by atoms with Crippen LogP contribution in [-0.4, -0.2) is 88.2 Å². The fourth-order valence-electron chi connectivity index (χ4n) is 6.37. The van der Waals surface area contributed by atoms with Gasteiger partial charge in [-0.25, -0.2) is 9.67 Å². The standard InChI is InChI=1S/C33H40N10O3/c1-23-34-32-28(21-25-9-4-3-5-10-25)35-33(46)29-11-6-7-18-41(29)30(44)12-8-17-40(19-20-42(32)37-23)31(45)22-26-13-15-27(16-14-26)43-24(2)36-38-39-43/h3-5,9-10,13-16,28-29H,6-8,11-12,17-22H2,1-2H3,(H,35,46)/t28-,29+/m1/s1. The Morgan fingerprint density at radius 1 is 0.913 bits per heavy atom. The third-order valence-corrected chi connectivity index (χ3v) is 8.76. The van der Waals surface area contributed by atoms with Crippen molar-refractivity contribution in [1.29, 1.82) is 0 Å². The SMILES string of the molecule is Cc1nc2n(n1)CCN(C(=O)Cc1ccc(-n3nnnc3C)cc1)CCCC(=O)N1CCCC[C@H]1C(=O)N[C@@H]2Cc1ccccc1. The molecule has 4 aromatic rings. The van der Waals surface area contributed by atoms with Crippen LogP contribution < -0.4 is 5.32 Å². The average molecular weight is 625 g/mol. The molecule has 2 aliphatic heterocycles. The molecular formula is C33H40N10O3. The monoisotopic (exact) mass is 624 g/mol. The molecular weight excluding hydrogens is 584 g/mol. The molecule has 13 heteroatoms. The van der Waals surface area contributed by atoms with Gasteiger partial charge in [0, 0.05) is 26.1 Å². The van der Waals surface area contributed by atoms with E-state index in [9.17, 15) is 14.4 Å². The van der Waals surface area contributed by atoms with E-state index in [0.717, 1.165) is 29.7 Å². The lowest BCUT2D eigenvalue weighted by molar-refractivity contribution is -0.143. The zero-order valence-corrected chi connectivity index (χ0v) is 26.4. The molecule has 46 heavy (non-hydrogen) atoms. The summed E-state index contributed by atoms with van der Waals surface area (Å²) in [7, 11) is 0. The van der Waals surface area contributed by atoms with Crippen LogP contribution in [0.3, 0.4) is 0 Å². The summed E-state index contributed by atoms with van der Waals surface area (Å²) in [5.41, 5.74) is 2.74. The molecule has 0 spiro atoms. The van der Waals surface area contributed by atoms with E-state index in [2.05, 4.69) is 25.9 Å². The number of carbonyl (C=O) groups is 3. The smallest absolute Gasteiger partial charge is 0.243 e. The highest BCUT2D eigenvalue weighted by Gasteiger charge is 2.34. The predicted molar refractivity (Wildman–Crippen MR) is 169 cm³/mol. The van der Waals surface area contributed by atoms with E-state index in [-0.39, 0.29) is 30.6 Å². The number of nitrogens with one attached hydrogen (secondary N) is 1. The summed E-state index contributed by atoms with van der Waals surface area (Å²) in [6.45, 7) is 5.44. The lowest BCUT2D eigenvalue weighted by Crippen LogP contribution is -2.53. The van der Waals surface area contributed by atoms with Crippen molar-refractivity contribution in [2.75, 3.05) is 19.6 Å². The number of tetrazole rings is 1. The van der Waals surface area contributed by atoms with Gasteiger partial charge in [-0.2, -0.15) is 9.78 Å². The minimum atomic E-state index is -0.530. The summed E-state index contributed by atoms with van der Waals surface area (Å²) in [6, 6.07) is 16.6. The number of aromatic nitrogens is 7. The highest BCUT2D eigenvalue weighted by Crippen LogP contribution is 2.23. The van der Waals surface area contributed by atoms with E-state index in [1.54, 1.807) is 9.58 Å². The number of piperidine rings is 1. The largest absolute Gasteiger partial charge is 0.344 e. The predicted octanol–water partition coefficient (Wildman–Crippen LogP) is 2.52. The molecule has 0 bridgehead atoms. The van der Waals surface area contributed by atoms with Crippen molar-refractivity contribution in [2.45, 2.75) is 77.4 Å². The molecule has 0 aliphatic carbocycles. The maximum absolute atomic E-state index is 13.8. The number of benzene rings is 2. The van der Waals surface area contributed by atoms with Crippen LogP contribution in [0.5, 0.6) is 0 Å². The minimum absolute atomic E-state index is 0.0331. The first-order chi connectivity index (χ1) is 22.4. The molecule has 0 unspecified atom stereocenters. The van der Waals surface area contributed by atoms with Gasteiger partial charge in [0.1, 0.15) is 17.7 Å². The first-order valence-corrected chi connectivity index (χ1v) is 16.0. The summed E-state index contributed by atoms with van der Waals surface area (Å²) in [6.07, 6.45) is 3.90. The molecule has 2 aliphatic rings. The summed E-state index contributed by atoms with van der Waals surface area (Å²) in [5, 5.41) is 19.6. The molecule has 13 nitrogen and oxygen atoms in total. The zero-order valence-electron chi connectivity index (χ0n) is 26.4. The van der Waals surface area contributed by atoms with Gasteiger partial charge in [0.15, 0.2) is 5.82 Å². The Bertz CT molecular complexity index is 1670. The van der Waals surface area contributed by atoms with Crippen molar-refractivity contribution in [1.82, 2.24) is 50.1 Å². The third kappa shape index (κ3) is 7.13. The van der Waals surface area contributed by atoms with Crippen molar-refractivity contribution in [3.8, 4) is 5.69 Å². The number of rotatable bonds is 5. The Balaban J connectivity index is 1.26. The first-order valence-electron chi connectivity index (χ1n) is 16.0. The molecule has 2 aromatic heterocycles.